The van der Waals surface area contributed by atoms with Crippen molar-refractivity contribution in [3.8, 4) is 0 Å². The molecule has 0 aromatic rings. The van der Waals surface area contributed by atoms with Gasteiger partial charge in [-0.25, -0.2) is 4.79 Å². The van der Waals surface area contributed by atoms with E-state index in [0.717, 1.165) is 32.5 Å². The first-order valence-electron chi connectivity index (χ1n) is 7.00. The molecule has 0 aromatic heterocycles. The Kier molecular flexibility index (Phi) is 8.00. The van der Waals surface area contributed by atoms with Crippen LogP contribution in [0.4, 0.5) is 4.79 Å². The van der Waals surface area contributed by atoms with E-state index < -0.39 is 5.60 Å². The van der Waals surface area contributed by atoms with Crippen LogP contribution in [0.25, 0.3) is 0 Å². The fourth-order valence-corrected chi connectivity index (χ4v) is 1.74. The summed E-state index contributed by atoms with van der Waals surface area (Å²) < 4.78 is 5.22. The number of hydrogen-bond donors (Lipinski definition) is 1. The molecule has 0 spiro atoms. The first-order chi connectivity index (χ1) is 8.28. The molecule has 0 rings (SSSR count). The van der Waals surface area contributed by atoms with Crippen LogP contribution in [0, 0.1) is 0 Å². The summed E-state index contributed by atoms with van der Waals surface area (Å²) in [7, 11) is 0. The first kappa shape index (κ1) is 17.2. The predicted molar refractivity (Wildman–Crippen MR) is 75.9 cm³/mol. The predicted octanol–water partition coefficient (Wildman–Crippen LogP) is 3.02. The highest BCUT2D eigenvalue weighted by Gasteiger charge is 2.17. The summed E-state index contributed by atoms with van der Waals surface area (Å²) in [6, 6.07) is 0.162. The summed E-state index contributed by atoms with van der Waals surface area (Å²) in [5, 5.41) is 2.87. The Balaban J connectivity index is 3.77. The highest BCUT2D eigenvalue weighted by atomic mass is 16.6. The van der Waals surface area contributed by atoms with Crippen LogP contribution in [-0.2, 0) is 4.74 Å². The molecule has 1 unspecified atom stereocenters. The van der Waals surface area contributed by atoms with Gasteiger partial charge >= 0.3 is 6.09 Å². The smallest absolute Gasteiger partial charge is 0.407 e. The molecule has 4 heteroatoms. The van der Waals surface area contributed by atoms with Crippen molar-refractivity contribution in [1.82, 2.24) is 10.2 Å². The van der Waals surface area contributed by atoms with Gasteiger partial charge in [0.05, 0.1) is 0 Å². The van der Waals surface area contributed by atoms with E-state index in [0.29, 0.717) is 0 Å². The van der Waals surface area contributed by atoms with Crippen molar-refractivity contribution in [2.24, 2.45) is 0 Å². The Labute approximate surface area is 112 Å². The van der Waals surface area contributed by atoms with Crippen molar-refractivity contribution in [1.29, 1.82) is 0 Å². The summed E-state index contributed by atoms with van der Waals surface area (Å²) in [6.07, 6.45) is 1.76. The lowest BCUT2D eigenvalue weighted by Crippen LogP contribution is -2.38. The first-order valence-corrected chi connectivity index (χ1v) is 7.00. The third-order valence-corrected chi connectivity index (χ3v) is 2.77. The zero-order valence-electron chi connectivity index (χ0n) is 12.9. The monoisotopic (exact) mass is 258 g/mol. The van der Waals surface area contributed by atoms with E-state index >= 15 is 0 Å². The number of nitrogens with zero attached hydrogens (tertiary/aromatic N) is 1. The van der Waals surface area contributed by atoms with E-state index in [4.69, 9.17) is 4.74 Å². The van der Waals surface area contributed by atoms with Crippen molar-refractivity contribution in [3.05, 3.63) is 0 Å². The number of amides is 1. The number of carbonyl (C=O) groups excluding carboxylic acids is 1. The summed E-state index contributed by atoms with van der Waals surface area (Å²) >= 11 is 0. The van der Waals surface area contributed by atoms with Crippen molar-refractivity contribution in [3.63, 3.8) is 0 Å². The minimum Gasteiger partial charge on any atom is -0.444 e. The number of rotatable bonds is 7. The van der Waals surface area contributed by atoms with Gasteiger partial charge in [-0.2, -0.15) is 0 Å². The third kappa shape index (κ3) is 9.28. The number of hydrogen-bond acceptors (Lipinski definition) is 3. The summed E-state index contributed by atoms with van der Waals surface area (Å²) in [5.74, 6) is 0. The maximum Gasteiger partial charge on any atom is 0.407 e. The second kappa shape index (κ2) is 8.35. The summed E-state index contributed by atoms with van der Waals surface area (Å²) in [5.41, 5.74) is -0.426. The fourth-order valence-electron chi connectivity index (χ4n) is 1.74. The highest BCUT2D eigenvalue weighted by molar-refractivity contribution is 5.67. The van der Waals surface area contributed by atoms with Gasteiger partial charge in [0.2, 0.25) is 0 Å². The topological polar surface area (TPSA) is 41.6 Å². The van der Waals surface area contributed by atoms with Gasteiger partial charge in [-0.05, 0) is 60.2 Å². The van der Waals surface area contributed by atoms with Crippen LogP contribution >= 0.6 is 0 Å². The zero-order valence-corrected chi connectivity index (χ0v) is 12.9. The van der Waals surface area contributed by atoms with E-state index in [1.54, 1.807) is 0 Å². The van der Waals surface area contributed by atoms with Gasteiger partial charge in [-0.1, -0.05) is 13.8 Å². The second-order valence-electron chi connectivity index (χ2n) is 5.72. The molecule has 0 aliphatic rings. The van der Waals surface area contributed by atoms with Crippen molar-refractivity contribution in [2.75, 3.05) is 19.6 Å². The van der Waals surface area contributed by atoms with Gasteiger partial charge in [0.1, 0.15) is 5.60 Å². The second-order valence-corrected chi connectivity index (χ2v) is 5.72. The molecule has 0 saturated carbocycles. The van der Waals surface area contributed by atoms with E-state index in [-0.39, 0.29) is 12.1 Å². The molecule has 1 atom stereocenters. The molecule has 0 aliphatic carbocycles. The van der Waals surface area contributed by atoms with E-state index in [9.17, 15) is 4.79 Å². The largest absolute Gasteiger partial charge is 0.444 e. The van der Waals surface area contributed by atoms with Gasteiger partial charge < -0.3 is 15.0 Å². The van der Waals surface area contributed by atoms with Crippen LogP contribution in [-0.4, -0.2) is 42.3 Å². The Morgan fingerprint density at radius 1 is 1.28 bits per heavy atom. The number of ether oxygens (including phenoxy) is 1. The van der Waals surface area contributed by atoms with Gasteiger partial charge in [-0.3, -0.25) is 0 Å². The van der Waals surface area contributed by atoms with Gasteiger partial charge in [0.15, 0.2) is 0 Å². The lowest BCUT2D eigenvalue weighted by Gasteiger charge is -2.23. The Hall–Kier alpha value is -0.770. The van der Waals surface area contributed by atoms with Crippen molar-refractivity contribution < 1.29 is 9.53 Å². The molecular formula is C14H30N2O2. The Morgan fingerprint density at radius 2 is 1.83 bits per heavy atom. The van der Waals surface area contributed by atoms with Crippen LogP contribution in [0.2, 0.25) is 0 Å². The molecular weight excluding hydrogens is 228 g/mol. The van der Waals surface area contributed by atoms with Crippen LogP contribution < -0.4 is 5.32 Å². The van der Waals surface area contributed by atoms with Crippen LogP contribution in [0.15, 0.2) is 0 Å². The number of nitrogens with one attached hydrogen (secondary N) is 1. The maximum absolute atomic E-state index is 11.5. The standard InChI is InChI=1S/C14H30N2O2/c1-7-16(8-2)11-9-10-12(3)15-13(17)18-14(4,5)6/h12H,7-11H2,1-6H3,(H,15,17). The molecule has 0 aliphatic heterocycles. The molecule has 4 nitrogen and oxygen atoms in total. The highest BCUT2D eigenvalue weighted by Crippen LogP contribution is 2.07. The third-order valence-electron chi connectivity index (χ3n) is 2.77. The van der Waals surface area contributed by atoms with Gasteiger partial charge in [0.25, 0.3) is 0 Å². The molecule has 0 heterocycles. The normalized spacial score (nSPS) is 13.5. The summed E-state index contributed by atoms with van der Waals surface area (Å²) in [4.78, 5) is 13.9. The molecule has 18 heavy (non-hydrogen) atoms. The zero-order chi connectivity index (χ0) is 14.2. The number of alkyl carbamates (subject to hydrolysis) is 1. The maximum atomic E-state index is 11.5. The van der Waals surface area contributed by atoms with Crippen LogP contribution in [0.5, 0.6) is 0 Å². The van der Waals surface area contributed by atoms with Gasteiger partial charge in [0, 0.05) is 6.04 Å². The average Bonchev–Trinajstić information content (AvgIpc) is 2.21. The fraction of sp³-hybridized carbons (Fsp3) is 0.929. The van der Waals surface area contributed by atoms with Crippen LogP contribution in [0.1, 0.15) is 54.4 Å². The average molecular weight is 258 g/mol. The molecule has 0 fully saturated rings. The molecule has 1 amide bonds. The van der Waals surface area contributed by atoms with E-state index in [1.165, 1.54) is 0 Å². The molecule has 1 N–H and O–H groups in total. The van der Waals surface area contributed by atoms with E-state index in [1.807, 2.05) is 27.7 Å². The molecule has 108 valence electrons. The summed E-state index contributed by atoms with van der Waals surface area (Å²) in [6.45, 7) is 15.2. The molecule has 0 aromatic carbocycles. The van der Waals surface area contributed by atoms with Gasteiger partial charge in [-0.15, -0.1) is 0 Å². The van der Waals surface area contributed by atoms with Crippen molar-refractivity contribution >= 4 is 6.09 Å². The lowest BCUT2D eigenvalue weighted by molar-refractivity contribution is 0.0505. The minimum absolute atomic E-state index is 0.162. The van der Waals surface area contributed by atoms with Crippen LogP contribution in [0.3, 0.4) is 0 Å². The quantitative estimate of drug-likeness (QED) is 0.763. The molecule has 0 saturated heterocycles. The number of carbonyl (C=O) groups is 1. The Bertz CT molecular complexity index is 232. The Morgan fingerprint density at radius 3 is 2.28 bits per heavy atom. The molecule has 0 bridgehead atoms. The lowest BCUT2D eigenvalue weighted by atomic mass is 10.2. The molecule has 0 radical (unpaired) electrons. The minimum atomic E-state index is -0.426. The van der Waals surface area contributed by atoms with E-state index in [2.05, 4.69) is 24.1 Å². The van der Waals surface area contributed by atoms with Crippen molar-refractivity contribution in [2.45, 2.75) is 66.0 Å². The SMILES string of the molecule is CCN(CC)CCCC(C)NC(=O)OC(C)(C)C.